The van der Waals surface area contributed by atoms with Crippen molar-refractivity contribution < 1.29 is 24.3 Å². The molecule has 0 aromatic heterocycles. The molecule has 1 saturated heterocycles. The SMILES string of the molecule is CC(C)CC(=O)N[C@@H](Cc1ccccc1)C(=O)N[C@H](C[C@H]1CCCNC1=O)C(O)C(=O)NC(C)(C)C. The Hall–Kier alpha value is -2.94. The van der Waals surface area contributed by atoms with Gasteiger partial charge in [0.15, 0.2) is 6.10 Å². The molecule has 0 aliphatic carbocycles. The van der Waals surface area contributed by atoms with Crippen molar-refractivity contribution in [3.63, 3.8) is 0 Å². The molecule has 1 fully saturated rings. The van der Waals surface area contributed by atoms with Crippen molar-refractivity contribution in [1.29, 1.82) is 0 Å². The van der Waals surface area contributed by atoms with E-state index in [1.165, 1.54) is 0 Å². The monoisotopic (exact) mass is 502 g/mol. The molecule has 1 unspecified atom stereocenters. The lowest BCUT2D eigenvalue weighted by Gasteiger charge is -2.32. The van der Waals surface area contributed by atoms with Gasteiger partial charge in [-0.05, 0) is 51.5 Å². The van der Waals surface area contributed by atoms with E-state index in [-0.39, 0.29) is 37.0 Å². The molecule has 0 spiro atoms. The predicted octanol–water partition coefficient (Wildman–Crippen LogP) is 1.44. The molecular weight excluding hydrogens is 460 g/mol. The number of aliphatic hydroxyl groups is 1. The molecule has 36 heavy (non-hydrogen) atoms. The molecule has 200 valence electrons. The smallest absolute Gasteiger partial charge is 0.251 e. The molecule has 5 N–H and O–H groups in total. The lowest BCUT2D eigenvalue weighted by atomic mass is 9.89. The molecule has 4 amide bonds. The van der Waals surface area contributed by atoms with Crippen LogP contribution in [0.5, 0.6) is 0 Å². The van der Waals surface area contributed by atoms with Gasteiger partial charge in [0.2, 0.25) is 17.7 Å². The molecule has 1 aliphatic heterocycles. The molecule has 1 aromatic carbocycles. The molecule has 1 heterocycles. The molecular formula is C27H42N4O5. The van der Waals surface area contributed by atoms with Crippen molar-refractivity contribution in [1.82, 2.24) is 21.3 Å². The van der Waals surface area contributed by atoms with Crippen LogP contribution in [0.25, 0.3) is 0 Å². The van der Waals surface area contributed by atoms with E-state index in [4.69, 9.17) is 0 Å². The zero-order valence-electron chi connectivity index (χ0n) is 22.1. The summed E-state index contributed by atoms with van der Waals surface area (Å²) in [5.74, 6) is -1.88. The van der Waals surface area contributed by atoms with Crippen LogP contribution in [0.2, 0.25) is 0 Å². The number of amides is 4. The van der Waals surface area contributed by atoms with Crippen molar-refractivity contribution in [3.05, 3.63) is 35.9 Å². The van der Waals surface area contributed by atoms with Crippen molar-refractivity contribution in [3.8, 4) is 0 Å². The van der Waals surface area contributed by atoms with Crippen LogP contribution in [0.15, 0.2) is 30.3 Å². The second-order valence-corrected chi connectivity index (χ2v) is 11.1. The van der Waals surface area contributed by atoms with Crippen LogP contribution in [0, 0.1) is 11.8 Å². The molecule has 9 heteroatoms. The number of benzene rings is 1. The number of piperidine rings is 1. The first-order valence-electron chi connectivity index (χ1n) is 12.8. The van der Waals surface area contributed by atoms with Gasteiger partial charge in [0.25, 0.3) is 5.91 Å². The molecule has 9 nitrogen and oxygen atoms in total. The summed E-state index contributed by atoms with van der Waals surface area (Å²) in [4.78, 5) is 51.2. The van der Waals surface area contributed by atoms with Gasteiger partial charge in [-0.15, -0.1) is 0 Å². The average molecular weight is 503 g/mol. The highest BCUT2D eigenvalue weighted by Crippen LogP contribution is 2.20. The summed E-state index contributed by atoms with van der Waals surface area (Å²) in [6.07, 6.45) is 0.437. The van der Waals surface area contributed by atoms with E-state index in [1.54, 1.807) is 20.8 Å². The minimum Gasteiger partial charge on any atom is -0.381 e. The first-order chi connectivity index (χ1) is 16.9. The van der Waals surface area contributed by atoms with Crippen LogP contribution >= 0.6 is 0 Å². The van der Waals surface area contributed by atoms with Gasteiger partial charge in [0.1, 0.15) is 6.04 Å². The molecule has 0 saturated carbocycles. The van der Waals surface area contributed by atoms with Gasteiger partial charge in [-0.1, -0.05) is 44.2 Å². The number of hydrogen-bond donors (Lipinski definition) is 5. The van der Waals surface area contributed by atoms with E-state index in [1.807, 2.05) is 44.2 Å². The maximum Gasteiger partial charge on any atom is 0.251 e. The number of hydrogen-bond acceptors (Lipinski definition) is 5. The first-order valence-corrected chi connectivity index (χ1v) is 12.8. The summed E-state index contributed by atoms with van der Waals surface area (Å²) in [5.41, 5.74) is 0.270. The van der Waals surface area contributed by atoms with Crippen molar-refractivity contribution in [2.45, 2.75) is 90.4 Å². The highest BCUT2D eigenvalue weighted by atomic mass is 16.3. The third kappa shape index (κ3) is 9.97. The second-order valence-electron chi connectivity index (χ2n) is 11.1. The molecule has 1 aliphatic rings. The fraction of sp³-hybridized carbons (Fsp3) is 0.630. The Labute approximate surface area is 214 Å². The van der Waals surface area contributed by atoms with Gasteiger partial charge in [0.05, 0.1) is 6.04 Å². The number of carbonyl (C=O) groups excluding carboxylic acids is 4. The maximum atomic E-state index is 13.4. The van der Waals surface area contributed by atoms with E-state index < -0.39 is 41.5 Å². The van der Waals surface area contributed by atoms with E-state index in [2.05, 4.69) is 21.3 Å². The quantitative estimate of drug-likeness (QED) is 0.312. The standard InChI is InChI=1S/C27H42N4O5/c1-17(2)14-22(32)29-21(15-18-10-7-6-8-11-18)25(35)30-20(16-19-12-9-13-28-24(19)34)23(33)26(36)31-27(3,4)5/h6-8,10-11,17,19-21,23,33H,9,12-16H2,1-5H3,(H,28,34)(H,29,32)(H,30,35)(H,31,36)/t19-,20-,21+,23?/m1/s1. The minimum atomic E-state index is -1.56. The van der Waals surface area contributed by atoms with Crippen molar-refractivity contribution >= 4 is 23.6 Å². The topological polar surface area (TPSA) is 137 Å². The minimum absolute atomic E-state index is 0.105. The molecule has 2 rings (SSSR count). The van der Waals surface area contributed by atoms with Gasteiger partial charge >= 0.3 is 0 Å². The van der Waals surface area contributed by atoms with Gasteiger partial charge in [0, 0.05) is 30.8 Å². The summed E-state index contributed by atoms with van der Waals surface area (Å²) in [6.45, 7) is 9.79. The normalized spacial score (nSPS) is 18.5. The summed E-state index contributed by atoms with van der Waals surface area (Å²) in [6, 6.07) is 7.39. The largest absolute Gasteiger partial charge is 0.381 e. The van der Waals surface area contributed by atoms with Crippen LogP contribution in [0.4, 0.5) is 0 Å². The highest BCUT2D eigenvalue weighted by Gasteiger charge is 2.36. The molecule has 4 atom stereocenters. The Morgan fingerprint density at radius 1 is 1.08 bits per heavy atom. The number of aliphatic hydroxyl groups excluding tert-OH is 1. The summed E-state index contributed by atoms with van der Waals surface area (Å²) >= 11 is 0. The predicted molar refractivity (Wildman–Crippen MR) is 138 cm³/mol. The second kappa shape index (κ2) is 13.4. The Bertz CT molecular complexity index is 897. The maximum absolute atomic E-state index is 13.4. The molecule has 0 bridgehead atoms. The fourth-order valence-electron chi connectivity index (χ4n) is 4.23. The van der Waals surface area contributed by atoms with E-state index >= 15 is 0 Å². The van der Waals surface area contributed by atoms with Gasteiger partial charge < -0.3 is 26.4 Å². The third-order valence-corrected chi connectivity index (χ3v) is 5.94. The van der Waals surface area contributed by atoms with E-state index in [0.717, 1.165) is 12.0 Å². The van der Waals surface area contributed by atoms with E-state index in [0.29, 0.717) is 13.0 Å². The Balaban J connectivity index is 2.25. The lowest BCUT2D eigenvalue weighted by molar-refractivity contribution is -0.137. The zero-order valence-corrected chi connectivity index (χ0v) is 22.1. The fourth-order valence-corrected chi connectivity index (χ4v) is 4.23. The number of rotatable bonds is 11. The first kappa shape index (κ1) is 29.3. The summed E-state index contributed by atoms with van der Waals surface area (Å²) in [5, 5.41) is 22.1. The Morgan fingerprint density at radius 2 is 1.75 bits per heavy atom. The van der Waals surface area contributed by atoms with Gasteiger partial charge in [-0.2, -0.15) is 0 Å². The van der Waals surface area contributed by atoms with Crippen LogP contribution in [0.1, 0.15) is 65.9 Å². The number of carbonyl (C=O) groups is 4. The van der Waals surface area contributed by atoms with Gasteiger partial charge in [-0.3, -0.25) is 19.2 Å². The molecule has 1 aromatic rings. The zero-order chi connectivity index (χ0) is 26.9. The Kier molecular flexibility index (Phi) is 10.9. The molecule has 0 radical (unpaired) electrons. The lowest BCUT2D eigenvalue weighted by Crippen LogP contribution is -2.58. The van der Waals surface area contributed by atoms with Crippen LogP contribution in [-0.2, 0) is 25.6 Å². The van der Waals surface area contributed by atoms with Crippen LogP contribution in [-0.4, -0.2) is 59.0 Å². The summed E-state index contributed by atoms with van der Waals surface area (Å²) < 4.78 is 0. The number of nitrogens with one attached hydrogen (secondary N) is 4. The van der Waals surface area contributed by atoms with E-state index in [9.17, 15) is 24.3 Å². The van der Waals surface area contributed by atoms with Gasteiger partial charge in [-0.25, -0.2) is 0 Å². The van der Waals surface area contributed by atoms with Crippen LogP contribution in [0.3, 0.4) is 0 Å². The summed E-state index contributed by atoms with van der Waals surface area (Å²) in [7, 11) is 0. The Morgan fingerprint density at radius 3 is 2.33 bits per heavy atom. The van der Waals surface area contributed by atoms with Crippen molar-refractivity contribution in [2.24, 2.45) is 11.8 Å². The highest BCUT2D eigenvalue weighted by molar-refractivity contribution is 5.89. The van der Waals surface area contributed by atoms with Crippen molar-refractivity contribution in [2.75, 3.05) is 6.54 Å². The average Bonchev–Trinajstić information content (AvgIpc) is 2.78. The van der Waals surface area contributed by atoms with Crippen LogP contribution < -0.4 is 21.3 Å². The third-order valence-electron chi connectivity index (χ3n) is 5.94.